The van der Waals surface area contributed by atoms with Gasteiger partial charge in [-0.15, -0.1) is 0 Å². The highest BCUT2D eigenvalue weighted by molar-refractivity contribution is 7.90. The van der Waals surface area contributed by atoms with Gasteiger partial charge in [0, 0.05) is 37.8 Å². The van der Waals surface area contributed by atoms with E-state index in [-0.39, 0.29) is 75.9 Å². The maximum absolute atomic E-state index is 15.4. The number of hydrogen-bond acceptors (Lipinski definition) is 10. The number of aromatic nitrogens is 2. The molecule has 0 bridgehead atoms. The molecular weight excluding hydrogens is 807 g/mol. The van der Waals surface area contributed by atoms with Crippen molar-refractivity contribution >= 4 is 44.3 Å². The molecule has 17 heteroatoms. The number of nitrogens with one attached hydrogen (secondary N) is 3. The number of halogens is 2. The smallest absolute Gasteiger partial charge is 0.301 e. The van der Waals surface area contributed by atoms with Crippen molar-refractivity contribution in [2.24, 2.45) is 5.41 Å². The van der Waals surface area contributed by atoms with Crippen LogP contribution < -0.4 is 25.7 Å². The van der Waals surface area contributed by atoms with Gasteiger partial charge < -0.3 is 15.0 Å². The summed E-state index contributed by atoms with van der Waals surface area (Å²) in [6, 6.07) is 13.6. The monoisotopic (exact) mass is 856 g/mol. The van der Waals surface area contributed by atoms with Crippen LogP contribution in [0.5, 0.6) is 11.5 Å². The first-order chi connectivity index (χ1) is 29.3. The van der Waals surface area contributed by atoms with Crippen molar-refractivity contribution in [2.75, 3.05) is 36.7 Å². The summed E-state index contributed by atoms with van der Waals surface area (Å²) >= 11 is 0. The molecule has 4 aromatic rings. The molecule has 2 aliphatic carbocycles. The van der Waals surface area contributed by atoms with E-state index in [0.717, 1.165) is 87.3 Å². The predicted octanol–water partition coefficient (Wildman–Crippen LogP) is 6.70. The number of carbonyl (C=O) groups is 2. The molecule has 4 aliphatic rings. The second-order valence-corrected chi connectivity index (χ2v) is 18.8. The second kappa shape index (κ2) is 17.1. The number of rotatable bonds is 11. The van der Waals surface area contributed by atoms with E-state index < -0.39 is 27.8 Å². The number of hydrogen-bond donors (Lipinski definition) is 3. The van der Waals surface area contributed by atoms with Crippen molar-refractivity contribution in [2.45, 2.75) is 102 Å². The number of likely N-dealkylation sites (tertiary alicyclic amines) is 1. The molecule has 2 amide bonds. The average molecular weight is 857 g/mol. The van der Waals surface area contributed by atoms with Gasteiger partial charge in [0.1, 0.15) is 29.2 Å². The van der Waals surface area contributed by atoms with E-state index in [4.69, 9.17) is 4.74 Å². The number of piperidine rings is 2. The first-order valence-electron chi connectivity index (χ1n) is 21.1. The lowest BCUT2D eigenvalue weighted by molar-refractivity contribution is -0.133. The van der Waals surface area contributed by atoms with E-state index in [1.165, 1.54) is 25.2 Å². The quantitative estimate of drug-likeness (QED) is 0.138. The van der Waals surface area contributed by atoms with Gasteiger partial charge in [0.15, 0.2) is 11.6 Å². The lowest BCUT2D eigenvalue weighted by Crippen LogP contribution is -2.47. The molecular formula is C44H50F2N8O6S. The Morgan fingerprint density at radius 3 is 2.44 bits per heavy atom. The lowest BCUT2D eigenvalue weighted by Gasteiger charge is -2.45. The second-order valence-electron chi connectivity index (χ2n) is 17.0. The maximum Gasteiger partial charge on any atom is 0.301 e. The lowest BCUT2D eigenvalue weighted by atomic mass is 9.75. The van der Waals surface area contributed by atoms with Crippen LogP contribution in [-0.2, 0) is 19.8 Å². The van der Waals surface area contributed by atoms with Crippen molar-refractivity contribution in [3.8, 4) is 17.6 Å². The summed E-state index contributed by atoms with van der Waals surface area (Å²) in [5.41, 5.74) is 1.07. The van der Waals surface area contributed by atoms with Crippen LogP contribution in [0.15, 0.2) is 59.7 Å². The molecule has 0 radical (unpaired) electrons. The largest absolute Gasteiger partial charge is 0.453 e. The number of nitrogens with zero attached hydrogens (tertiary/aromatic N) is 5. The average Bonchev–Trinajstić information content (AvgIpc) is 3.66. The van der Waals surface area contributed by atoms with Gasteiger partial charge in [-0.1, -0.05) is 13.0 Å². The molecule has 3 N–H and O–H groups in total. The summed E-state index contributed by atoms with van der Waals surface area (Å²) in [5.74, 6) is -2.07. The Hall–Kier alpha value is -5.44. The zero-order valence-corrected chi connectivity index (χ0v) is 35.1. The first kappa shape index (κ1) is 42.3. The molecule has 2 atom stereocenters. The highest BCUT2D eigenvalue weighted by Gasteiger charge is 2.43. The van der Waals surface area contributed by atoms with E-state index in [2.05, 4.69) is 25.2 Å². The number of anilines is 2. The Labute approximate surface area is 353 Å². The minimum absolute atomic E-state index is 0.0370. The van der Waals surface area contributed by atoms with Crippen molar-refractivity contribution in [1.29, 1.82) is 5.26 Å². The van der Waals surface area contributed by atoms with Gasteiger partial charge in [0.05, 0.1) is 22.9 Å². The van der Waals surface area contributed by atoms with Crippen LogP contribution in [0.1, 0.15) is 101 Å². The standard InChI is InChI=1S/C44H50F2N8O6S/c1-3-52(2)61(58,59)51-38-13-11-35(45)41(34(38)25-47)60-31-9-12-37-33(23-31)43(57)54(26-48-37)30-16-17-44(24-30)18-20-53(21-19-44)29-7-4-27(5-8-29)32-10-6-28(22-36(32)46)49-39-14-15-40(55)50-42(39)56/h6,9-13,22-23,26-27,29-30,39,49,51H,3-5,7-8,14-21,24H2,1-2H3,(H,50,55,56)/t27?,29?,30-,39?/m0/s1. The Morgan fingerprint density at radius 1 is 0.967 bits per heavy atom. The minimum atomic E-state index is -4.01. The summed E-state index contributed by atoms with van der Waals surface area (Å²) in [7, 11) is -2.64. The van der Waals surface area contributed by atoms with Crippen molar-refractivity contribution < 1.29 is 31.5 Å². The van der Waals surface area contributed by atoms with Gasteiger partial charge in [0.2, 0.25) is 11.8 Å². The van der Waals surface area contributed by atoms with Crippen LogP contribution in [0.4, 0.5) is 20.2 Å². The molecule has 61 heavy (non-hydrogen) atoms. The van der Waals surface area contributed by atoms with Gasteiger partial charge in [-0.3, -0.25) is 29.0 Å². The summed E-state index contributed by atoms with van der Waals surface area (Å²) in [4.78, 5) is 44.8. The molecule has 2 saturated carbocycles. The molecule has 8 rings (SSSR count). The van der Waals surface area contributed by atoms with Crippen molar-refractivity contribution in [1.82, 2.24) is 24.1 Å². The van der Waals surface area contributed by atoms with E-state index in [1.54, 1.807) is 23.9 Å². The number of imide groups is 1. The number of carbonyl (C=O) groups excluding carboxylic acids is 2. The molecule has 3 heterocycles. The molecule has 2 aliphatic heterocycles. The van der Waals surface area contributed by atoms with E-state index in [1.807, 2.05) is 18.2 Å². The number of ether oxygens (including phenoxy) is 1. The number of benzene rings is 3. The van der Waals surface area contributed by atoms with Crippen molar-refractivity contribution in [3.63, 3.8) is 0 Å². The van der Waals surface area contributed by atoms with Gasteiger partial charge in [-0.2, -0.15) is 18.0 Å². The Kier molecular flexibility index (Phi) is 11.9. The summed E-state index contributed by atoms with van der Waals surface area (Å²) < 4.78 is 66.8. The van der Waals surface area contributed by atoms with Gasteiger partial charge in [-0.05, 0) is 137 Å². The topological polar surface area (TPSA) is 179 Å². The molecule has 2 saturated heterocycles. The fraction of sp³-hybridized carbons (Fsp3) is 0.477. The number of fused-ring (bicyclic) bond motifs is 1. The minimum Gasteiger partial charge on any atom is -0.453 e. The van der Waals surface area contributed by atoms with Crippen LogP contribution >= 0.6 is 0 Å². The summed E-state index contributed by atoms with van der Waals surface area (Å²) in [6.07, 6.45) is 10.8. The Balaban J connectivity index is 0.878. The normalized spacial score (nSPS) is 23.2. The molecule has 14 nitrogen and oxygen atoms in total. The predicted molar refractivity (Wildman–Crippen MR) is 225 cm³/mol. The van der Waals surface area contributed by atoms with Crippen LogP contribution in [0.25, 0.3) is 10.9 Å². The van der Waals surface area contributed by atoms with Gasteiger partial charge >= 0.3 is 10.2 Å². The maximum atomic E-state index is 15.4. The number of amides is 2. The number of nitriles is 1. The zero-order valence-electron chi connectivity index (χ0n) is 34.3. The zero-order chi connectivity index (χ0) is 43.1. The van der Waals surface area contributed by atoms with Crippen LogP contribution in [0.2, 0.25) is 0 Å². The summed E-state index contributed by atoms with van der Waals surface area (Å²) in [5, 5.41) is 15.6. The van der Waals surface area contributed by atoms with Crippen LogP contribution in [0.3, 0.4) is 0 Å². The van der Waals surface area contributed by atoms with Gasteiger partial charge in [-0.25, -0.2) is 13.8 Å². The third-order valence-electron chi connectivity index (χ3n) is 13.5. The third kappa shape index (κ3) is 8.71. The highest BCUT2D eigenvalue weighted by Crippen LogP contribution is 2.51. The molecule has 1 aromatic heterocycles. The highest BCUT2D eigenvalue weighted by atomic mass is 32.2. The van der Waals surface area contributed by atoms with Crippen LogP contribution in [-0.4, -0.2) is 77.8 Å². The van der Waals surface area contributed by atoms with Crippen LogP contribution in [0, 0.1) is 28.4 Å². The fourth-order valence-electron chi connectivity index (χ4n) is 9.76. The van der Waals surface area contributed by atoms with Crippen molar-refractivity contribution in [3.05, 3.63) is 88.0 Å². The Morgan fingerprint density at radius 2 is 1.74 bits per heavy atom. The first-order valence-corrected chi connectivity index (χ1v) is 22.5. The molecule has 322 valence electrons. The molecule has 1 unspecified atom stereocenters. The molecule has 3 aromatic carbocycles. The molecule has 4 fully saturated rings. The third-order valence-corrected chi connectivity index (χ3v) is 15.0. The van der Waals surface area contributed by atoms with E-state index >= 15 is 8.78 Å². The summed E-state index contributed by atoms with van der Waals surface area (Å²) in [6.45, 7) is 3.77. The fourth-order valence-corrected chi connectivity index (χ4v) is 10.7. The molecule has 1 spiro atoms. The van der Waals surface area contributed by atoms with E-state index in [0.29, 0.717) is 29.2 Å². The van der Waals surface area contributed by atoms with Gasteiger partial charge in [0.25, 0.3) is 5.56 Å². The van der Waals surface area contributed by atoms with E-state index in [9.17, 15) is 28.1 Å². The SMILES string of the molecule is CCN(C)S(=O)(=O)Nc1ccc(F)c(Oc2ccc3ncn([C@H]4CCC5(CCN(C6CCC(c7ccc(NC8CCC(=O)NC8=O)cc7F)CC6)CC5)C4)c(=O)c3c2)c1C#N. The Bertz CT molecular complexity index is 2560.